The summed E-state index contributed by atoms with van der Waals surface area (Å²) in [6.07, 6.45) is 5.60. The number of hydrogen-bond acceptors (Lipinski definition) is 5. The molecule has 1 aliphatic heterocycles. The molecule has 4 heterocycles. The minimum absolute atomic E-state index is 0.259. The summed E-state index contributed by atoms with van der Waals surface area (Å²) in [5, 5.41) is 3.48. The van der Waals surface area contributed by atoms with Crippen LogP contribution in [0, 0.1) is 6.92 Å². The number of aryl methyl sites for hydroxylation is 1. The van der Waals surface area contributed by atoms with E-state index in [0.717, 1.165) is 45.5 Å². The molecule has 4 aromatic rings. The summed E-state index contributed by atoms with van der Waals surface area (Å²) in [6, 6.07) is 13.8. The van der Waals surface area contributed by atoms with Gasteiger partial charge in [-0.25, -0.2) is 4.98 Å². The fourth-order valence-corrected chi connectivity index (χ4v) is 3.08. The van der Waals surface area contributed by atoms with Crippen molar-refractivity contribution in [3.8, 4) is 22.8 Å². The van der Waals surface area contributed by atoms with E-state index in [1.54, 1.807) is 6.20 Å². The Balaban J connectivity index is 1.65. The van der Waals surface area contributed by atoms with Crippen molar-refractivity contribution in [2.75, 3.05) is 12.1 Å². The van der Waals surface area contributed by atoms with Crippen molar-refractivity contribution in [2.24, 2.45) is 0 Å². The Morgan fingerprint density at radius 1 is 1.08 bits per heavy atom. The first-order chi connectivity index (χ1) is 12.8. The van der Waals surface area contributed by atoms with Crippen LogP contribution in [0.3, 0.4) is 0 Å². The largest absolute Gasteiger partial charge is 0.454 e. The van der Waals surface area contributed by atoms with E-state index in [9.17, 15) is 0 Å². The van der Waals surface area contributed by atoms with E-state index in [0.29, 0.717) is 0 Å². The number of imidazole rings is 1. The van der Waals surface area contributed by atoms with Gasteiger partial charge in [0.05, 0.1) is 0 Å². The fourth-order valence-electron chi connectivity index (χ4n) is 3.08. The van der Waals surface area contributed by atoms with Gasteiger partial charge in [-0.1, -0.05) is 0 Å². The summed E-state index contributed by atoms with van der Waals surface area (Å²) in [6.45, 7) is 2.32. The van der Waals surface area contributed by atoms with Crippen LogP contribution in [0.25, 0.3) is 16.9 Å². The highest BCUT2D eigenvalue weighted by Gasteiger charge is 2.17. The third kappa shape index (κ3) is 2.43. The number of fused-ring (bicyclic) bond motifs is 2. The van der Waals surface area contributed by atoms with Gasteiger partial charge < -0.3 is 14.8 Å². The fraction of sp³-hybridized carbons (Fsp3) is 0.100. The number of anilines is 2. The predicted octanol–water partition coefficient (Wildman–Crippen LogP) is 4.18. The molecule has 5 rings (SSSR count). The third-order valence-corrected chi connectivity index (χ3v) is 4.35. The summed E-state index contributed by atoms with van der Waals surface area (Å²) < 4.78 is 12.9. The Kier molecular flexibility index (Phi) is 3.28. The van der Waals surface area contributed by atoms with E-state index in [2.05, 4.69) is 29.4 Å². The molecule has 26 heavy (non-hydrogen) atoms. The third-order valence-electron chi connectivity index (χ3n) is 4.35. The lowest BCUT2D eigenvalue weighted by Crippen LogP contribution is -1.97. The van der Waals surface area contributed by atoms with Crippen molar-refractivity contribution in [2.45, 2.75) is 6.92 Å². The molecule has 1 N–H and O–H groups in total. The number of aromatic nitrogens is 3. The van der Waals surface area contributed by atoms with Crippen LogP contribution in [0.1, 0.15) is 5.56 Å². The van der Waals surface area contributed by atoms with Gasteiger partial charge in [0.15, 0.2) is 11.5 Å². The van der Waals surface area contributed by atoms with Gasteiger partial charge in [-0.05, 0) is 48.9 Å². The van der Waals surface area contributed by atoms with Crippen molar-refractivity contribution in [3.05, 3.63) is 66.6 Å². The van der Waals surface area contributed by atoms with Crippen LogP contribution >= 0.6 is 0 Å². The molecule has 6 nitrogen and oxygen atoms in total. The Labute approximate surface area is 150 Å². The van der Waals surface area contributed by atoms with Crippen molar-refractivity contribution in [1.29, 1.82) is 0 Å². The van der Waals surface area contributed by atoms with Crippen molar-refractivity contribution >= 4 is 17.2 Å². The van der Waals surface area contributed by atoms with Gasteiger partial charge in [0, 0.05) is 35.9 Å². The van der Waals surface area contributed by atoms with Gasteiger partial charge in [0.25, 0.3) is 0 Å². The Morgan fingerprint density at radius 2 is 2.00 bits per heavy atom. The van der Waals surface area contributed by atoms with Gasteiger partial charge in [0.2, 0.25) is 6.79 Å². The normalized spacial score (nSPS) is 12.5. The lowest BCUT2D eigenvalue weighted by atomic mass is 10.2. The minimum Gasteiger partial charge on any atom is -0.454 e. The van der Waals surface area contributed by atoms with Crippen molar-refractivity contribution < 1.29 is 9.47 Å². The highest BCUT2D eigenvalue weighted by Crippen LogP contribution is 2.37. The van der Waals surface area contributed by atoms with Crippen LogP contribution in [0.5, 0.6) is 11.5 Å². The van der Waals surface area contributed by atoms with Gasteiger partial charge in [-0.3, -0.25) is 9.38 Å². The summed E-state index contributed by atoms with van der Waals surface area (Å²) in [7, 11) is 0. The van der Waals surface area contributed by atoms with Gasteiger partial charge in [0.1, 0.15) is 17.2 Å². The molecule has 128 valence electrons. The molecular formula is C20H16N4O2. The van der Waals surface area contributed by atoms with Crippen molar-refractivity contribution in [1.82, 2.24) is 14.4 Å². The minimum atomic E-state index is 0.259. The maximum absolute atomic E-state index is 5.48. The highest BCUT2D eigenvalue weighted by molar-refractivity contribution is 5.80. The van der Waals surface area contributed by atoms with Crippen LogP contribution in [-0.4, -0.2) is 21.2 Å². The summed E-state index contributed by atoms with van der Waals surface area (Å²) >= 11 is 0. The molecule has 6 heteroatoms. The number of benzene rings is 1. The van der Waals surface area contributed by atoms with E-state index in [1.165, 1.54) is 0 Å². The molecule has 0 bridgehead atoms. The molecule has 0 saturated heterocycles. The molecule has 0 amide bonds. The van der Waals surface area contributed by atoms with E-state index in [4.69, 9.17) is 14.5 Å². The summed E-state index contributed by atoms with van der Waals surface area (Å²) in [5.41, 5.74) is 4.75. The monoisotopic (exact) mass is 344 g/mol. The number of ether oxygens (including phenoxy) is 2. The number of nitrogens with one attached hydrogen (secondary N) is 1. The van der Waals surface area contributed by atoms with E-state index in [-0.39, 0.29) is 6.79 Å². The van der Waals surface area contributed by atoms with Gasteiger partial charge >= 0.3 is 0 Å². The Hall–Kier alpha value is -3.54. The average molecular weight is 344 g/mol. The van der Waals surface area contributed by atoms with E-state index >= 15 is 0 Å². The number of nitrogens with zero attached hydrogens (tertiary/aromatic N) is 3. The maximum Gasteiger partial charge on any atom is 0.231 e. The molecule has 0 unspecified atom stereocenters. The molecule has 0 atom stereocenters. The molecule has 3 aromatic heterocycles. The zero-order valence-electron chi connectivity index (χ0n) is 14.1. The molecule has 0 aliphatic carbocycles. The van der Waals surface area contributed by atoms with Crippen LogP contribution in [0.2, 0.25) is 0 Å². The predicted molar refractivity (Wildman–Crippen MR) is 99.0 cm³/mol. The first-order valence-electron chi connectivity index (χ1n) is 8.34. The second-order valence-electron chi connectivity index (χ2n) is 6.18. The molecule has 0 saturated carbocycles. The molecule has 0 radical (unpaired) electrons. The standard InChI is InChI=1S/C20H16N4O2/c1-13-6-8-24-18(9-13)23-19(14-3-2-7-21-11-14)20(24)22-15-4-5-16-17(10-15)26-12-25-16/h2-11,22H,12H2,1H3. The Morgan fingerprint density at radius 3 is 2.88 bits per heavy atom. The first kappa shape index (κ1) is 14.8. The first-order valence-corrected chi connectivity index (χ1v) is 8.34. The zero-order chi connectivity index (χ0) is 17.5. The Bertz CT molecular complexity index is 1110. The number of pyridine rings is 2. The zero-order valence-corrected chi connectivity index (χ0v) is 14.1. The van der Waals surface area contributed by atoms with Crippen LogP contribution < -0.4 is 14.8 Å². The lowest BCUT2D eigenvalue weighted by molar-refractivity contribution is 0.174. The molecule has 1 aliphatic rings. The van der Waals surface area contributed by atoms with Crippen LogP contribution in [-0.2, 0) is 0 Å². The molecule has 0 spiro atoms. The van der Waals surface area contributed by atoms with E-state index in [1.807, 2.05) is 47.1 Å². The average Bonchev–Trinajstić information content (AvgIpc) is 3.26. The summed E-state index contributed by atoms with van der Waals surface area (Å²) in [4.78, 5) is 9.05. The number of rotatable bonds is 3. The smallest absolute Gasteiger partial charge is 0.231 e. The van der Waals surface area contributed by atoms with Gasteiger partial charge in [-0.2, -0.15) is 0 Å². The quantitative estimate of drug-likeness (QED) is 0.604. The SMILES string of the molecule is Cc1ccn2c(Nc3ccc4c(c3)OCO4)c(-c3cccnc3)nc2c1. The number of hydrogen-bond donors (Lipinski definition) is 1. The maximum atomic E-state index is 5.48. The van der Waals surface area contributed by atoms with Crippen LogP contribution in [0.4, 0.5) is 11.5 Å². The second kappa shape index (κ2) is 5.77. The molecular weight excluding hydrogens is 328 g/mol. The molecule has 0 fully saturated rings. The lowest BCUT2D eigenvalue weighted by Gasteiger charge is -2.09. The summed E-state index contributed by atoms with van der Waals surface area (Å²) in [5.74, 6) is 2.38. The highest BCUT2D eigenvalue weighted by atomic mass is 16.7. The topological polar surface area (TPSA) is 60.7 Å². The molecule has 1 aromatic carbocycles. The van der Waals surface area contributed by atoms with Gasteiger partial charge in [-0.15, -0.1) is 0 Å². The van der Waals surface area contributed by atoms with Crippen LogP contribution in [0.15, 0.2) is 61.1 Å². The van der Waals surface area contributed by atoms with E-state index < -0.39 is 0 Å². The van der Waals surface area contributed by atoms with Crippen molar-refractivity contribution in [3.63, 3.8) is 0 Å². The second-order valence-corrected chi connectivity index (χ2v) is 6.18.